The Morgan fingerprint density at radius 2 is 1.83 bits per heavy atom. The molecule has 2 heterocycles. The second-order valence-corrected chi connectivity index (χ2v) is 6.80. The highest BCUT2D eigenvalue weighted by atomic mass is 16.6. The number of nitro benzene ring substituents is 1. The maximum Gasteiger partial charge on any atom is 0.270 e. The van der Waals surface area contributed by atoms with E-state index in [1.54, 1.807) is 12.3 Å². The number of H-pyrrole nitrogens is 2. The number of benzene rings is 3. The third kappa shape index (κ3) is 2.96. The maximum absolute atomic E-state index is 11.3. The van der Waals surface area contributed by atoms with Crippen LogP contribution in [0.5, 0.6) is 5.88 Å². The Morgan fingerprint density at radius 3 is 2.63 bits per heavy atom. The Kier molecular flexibility index (Phi) is 4.03. The van der Waals surface area contributed by atoms with Crippen LogP contribution < -0.4 is 0 Å². The fraction of sp³-hybridized carbons (Fsp3) is 0. The highest BCUT2D eigenvalue weighted by Crippen LogP contribution is 2.33. The van der Waals surface area contributed by atoms with E-state index in [2.05, 4.69) is 15.2 Å². The van der Waals surface area contributed by atoms with Crippen molar-refractivity contribution in [3.8, 4) is 5.88 Å². The van der Waals surface area contributed by atoms with Gasteiger partial charge in [0, 0.05) is 34.0 Å². The molecule has 0 radical (unpaired) electrons. The Bertz CT molecular complexity index is 1430. The van der Waals surface area contributed by atoms with Gasteiger partial charge in [0.25, 0.3) is 5.69 Å². The average Bonchev–Trinajstić information content (AvgIpc) is 3.35. The maximum atomic E-state index is 11.3. The fourth-order valence-electron chi connectivity index (χ4n) is 3.51. The summed E-state index contributed by atoms with van der Waals surface area (Å²) >= 11 is 0. The summed E-state index contributed by atoms with van der Waals surface area (Å²) in [5.74, 6) is -0.0995. The number of fused-ring (bicyclic) bond motifs is 2. The molecular weight excluding hydrogens is 382 g/mol. The Hall–Kier alpha value is -4.46. The molecule has 0 spiro atoms. The highest BCUT2D eigenvalue weighted by molar-refractivity contribution is 6.22. The van der Waals surface area contributed by atoms with Crippen molar-refractivity contribution >= 4 is 38.9 Å². The molecule has 0 amide bonds. The number of aromatic amines is 2. The predicted molar refractivity (Wildman–Crippen MR) is 114 cm³/mol. The summed E-state index contributed by atoms with van der Waals surface area (Å²) in [6.07, 6.45) is 1.71. The molecule has 0 saturated carbocycles. The van der Waals surface area contributed by atoms with Crippen LogP contribution in [0.4, 0.5) is 11.4 Å². The van der Waals surface area contributed by atoms with E-state index < -0.39 is 4.92 Å². The van der Waals surface area contributed by atoms with Gasteiger partial charge in [0.15, 0.2) is 5.88 Å². The Morgan fingerprint density at radius 1 is 1.03 bits per heavy atom. The van der Waals surface area contributed by atoms with E-state index in [0.29, 0.717) is 27.9 Å². The molecule has 5 rings (SSSR count). The average molecular weight is 397 g/mol. The van der Waals surface area contributed by atoms with Crippen LogP contribution in [-0.2, 0) is 0 Å². The number of hydrogen-bond donors (Lipinski definition) is 3. The molecule has 3 N–H and O–H groups in total. The lowest BCUT2D eigenvalue weighted by atomic mass is 10.0. The standard InChI is InChI=1S/C22H15N5O3/c28-22-20(17-11-16(27(29)30)7-9-19(17)25-22)21(13-4-2-1-3-5-13)24-15-6-8-18-14(10-15)12-23-26-18/h1-12,25,28H,(H,23,26). The van der Waals surface area contributed by atoms with Gasteiger partial charge in [-0.15, -0.1) is 0 Å². The molecule has 0 unspecified atom stereocenters. The van der Waals surface area contributed by atoms with E-state index in [4.69, 9.17) is 4.99 Å². The highest BCUT2D eigenvalue weighted by Gasteiger charge is 2.20. The van der Waals surface area contributed by atoms with Crippen LogP contribution in [0.3, 0.4) is 0 Å². The van der Waals surface area contributed by atoms with E-state index in [-0.39, 0.29) is 11.6 Å². The first kappa shape index (κ1) is 17.6. The topological polar surface area (TPSA) is 120 Å². The second kappa shape index (κ2) is 6.85. The van der Waals surface area contributed by atoms with Gasteiger partial charge in [-0.2, -0.15) is 5.10 Å². The lowest BCUT2D eigenvalue weighted by Crippen LogP contribution is -2.03. The minimum absolute atomic E-state index is 0.0602. The zero-order valence-corrected chi connectivity index (χ0v) is 15.5. The number of hydrogen-bond acceptors (Lipinski definition) is 5. The van der Waals surface area contributed by atoms with Crippen molar-refractivity contribution < 1.29 is 10.0 Å². The van der Waals surface area contributed by atoms with Crippen molar-refractivity contribution in [2.45, 2.75) is 0 Å². The molecule has 0 aliphatic heterocycles. The number of nitrogens with zero attached hydrogens (tertiary/aromatic N) is 3. The van der Waals surface area contributed by atoms with Gasteiger partial charge in [-0.05, 0) is 24.3 Å². The van der Waals surface area contributed by atoms with E-state index in [1.807, 2.05) is 48.5 Å². The molecule has 0 fully saturated rings. The lowest BCUT2D eigenvalue weighted by Gasteiger charge is -2.08. The molecule has 2 aromatic heterocycles. The smallest absolute Gasteiger partial charge is 0.270 e. The first-order chi connectivity index (χ1) is 14.6. The first-order valence-corrected chi connectivity index (χ1v) is 9.17. The summed E-state index contributed by atoms with van der Waals surface area (Å²) in [4.78, 5) is 18.5. The van der Waals surface area contributed by atoms with Crippen LogP contribution in [0, 0.1) is 10.1 Å². The monoisotopic (exact) mass is 397 g/mol. The third-order valence-electron chi connectivity index (χ3n) is 4.92. The van der Waals surface area contributed by atoms with Crippen LogP contribution in [0.15, 0.2) is 77.9 Å². The Labute approximate surface area is 169 Å². The van der Waals surface area contributed by atoms with Crippen molar-refractivity contribution in [3.05, 3.63) is 94.2 Å². The molecule has 30 heavy (non-hydrogen) atoms. The molecule has 8 nitrogen and oxygen atoms in total. The minimum Gasteiger partial charge on any atom is -0.494 e. The zero-order valence-electron chi connectivity index (χ0n) is 15.5. The summed E-state index contributed by atoms with van der Waals surface area (Å²) in [5, 5.41) is 30.3. The van der Waals surface area contributed by atoms with E-state index in [9.17, 15) is 15.2 Å². The molecule has 146 valence electrons. The third-order valence-corrected chi connectivity index (χ3v) is 4.92. The first-order valence-electron chi connectivity index (χ1n) is 9.17. The normalized spacial score (nSPS) is 11.9. The van der Waals surface area contributed by atoms with Crippen LogP contribution in [0.1, 0.15) is 11.1 Å². The van der Waals surface area contributed by atoms with Gasteiger partial charge in [0.1, 0.15) is 0 Å². The largest absolute Gasteiger partial charge is 0.494 e. The van der Waals surface area contributed by atoms with E-state index >= 15 is 0 Å². The predicted octanol–water partition coefficient (Wildman–Crippen LogP) is 4.83. The summed E-state index contributed by atoms with van der Waals surface area (Å²) < 4.78 is 0. The van der Waals surface area contributed by atoms with E-state index in [0.717, 1.165) is 16.5 Å². The summed E-state index contributed by atoms with van der Waals surface area (Å²) in [5.41, 5.74) is 3.77. The molecule has 0 atom stereocenters. The number of non-ortho nitro benzene ring substituents is 1. The molecular formula is C22H15N5O3. The molecule has 0 aliphatic carbocycles. The van der Waals surface area contributed by atoms with Crippen molar-refractivity contribution in [2.24, 2.45) is 4.99 Å². The molecule has 0 aliphatic rings. The lowest BCUT2D eigenvalue weighted by molar-refractivity contribution is -0.384. The molecule has 8 heteroatoms. The van der Waals surface area contributed by atoms with Crippen molar-refractivity contribution in [2.75, 3.05) is 0 Å². The van der Waals surface area contributed by atoms with Crippen molar-refractivity contribution in [1.82, 2.24) is 15.2 Å². The van der Waals surface area contributed by atoms with E-state index in [1.165, 1.54) is 12.1 Å². The van der Waals surface area contributed by atoms with Gasteiger partial charge in [-0.3, -0.25) is 15.2 Å². The zero-order chi connectivity index (χ0) is 20.7. The van der Waals surface area contributed by atoms with Crippen LogP contribution >= 0.6 is 0 Å². The molecule has 0 saturated heterocycles. The van der Waals surface area contributed by atoms with Crippen molar-refractivity contribution in [3.63, 3.8) is 0 Å². The minimum atomic E-state index is -0.459. The summed E-state index contributed by atoms with van der Waals surface area (Å²) in [6.45, 7) is 0. The SMILES string of the molecule is O=[N+]([O-])c1ccc2[nH]c(O)c(C(=Nc3ccc4[nH]ncc4c3)c3ccccc3)c2c1. The molecule has 5 aromatic rings. The summed E-state index contributed by atoms with van der Waals surface area (Å²) in [7, 11) is 0. The fourth-order valence-corrected chi connectivity index (χ4v) is 3.51. The van der Waals surface area contributed by atoms with Crippen LogP contribution in [0.2, 0.25) is 0 Å². The number of aliphatic imine (C=N–C) groups is 1. The van der Waals surface area contributed by atoms with Gasteiger partial charge in [0.05, 0.1) is 33.6 Å². The van der Waals surface area contributed by atoms with Gasteiger partial charge in [0.2, 0.25) is 0 Å². The number of nitrogens with one attached hydrogen (secondary N) is 2. The molecule has 0 bridgehead atoms. The number of rotatable bonds is 4. The summed E-state index contributed by atoms with van der Waals surface area (Å²) in [6, 6.07) is 19.4. The second-order valence-electron chi connectivity index (χ2n) is 6.80. The number of aromatic hydroxyl groups is 1. The molecule has 3 aromatic carbocycles. The van der Waals surface area contributed by atoms with Gasteiger partial charge < -0.3 is 10.1 Å². The van der Waals surface area contributed by atoms with Crippen LogP contribution in [0.25, 0.3) is 21.8 Å². The van der Waals surface area contributed by atoms with Crippen LogP contribution in [-0.4, -0.2) is 30.9 Å². The quantitative estimate of drug-likeness (QED) is 0.228. The number of nitro groups is 1. The van der Waals surface area contributed by atoms with Gasteiger partial charge in [-0.1, -0.05) is 30.3 Å². The van der Waals surface area contributed by atoms with Gasteiger partial charge >= 0.3 is 0 Å². The number of aromatic nitrogens is 3. The van der Waals surface area contributed by atoms with Crippen molar-refractivity contribution in [1.29, 1.82) is 0 Å². The Balaban J connectivity index is 1.78. The van der Waals surface area contributed by atoms with Gasteiger partial charge in [-0.25, -0.2) is 4.99 Å².